The van der Waals surface area contributed by atoms with Crippen LogP contribution in [0.5, 0.6) is 5.75 Å². The minimum atomic E-state index is -0.379. The normalized spacial score (nSPS) is 12.3. The molecule has 0 aromatic heterocycles. The molecule has 0 aliphatic carbocycles. The molecule has 0 saturated carbocycles. The summed E-state index contributed by atoms with van der Waals surface area (Å²) >= 11 is 0. The molecule has 0 heterocycles. The summed E-state index contributed by atoms with van der Waals surface area (Å²) in [5.74, 6) is -0.130. The fraction of sp³-hybridized carbons (Fsp3) is 0.533. The molecule has 1 unspecified atom stereocenters. The Labute approximate surface area is 119 Å². The first-order valence-electron chi connectivity index (χ1n) is 6.80. The Hall–Kier alpha value is -1.62. The molecule has 0 saturated heterocycles. The van der Waals surface area contributed by atoms with E-state index in [2.05, 4.69) is 10.6 Å². The number of carbonyl (C=O) groups is 1. The van der Waals surface area contributed by atoms with Crippen LogP contribution in [0, 0.1) is 5.82 Å². The van der Waals surface area contributed by atoms with Crippen LogP contribution in [0.15, 0.2) is 18.2 Å². The van der Waals surface area contributed by atoms with Crippen molar-refractivity contribution in [1.82, 2.24) is 10.6 Å². The second-order valence-corrected chi connectivity index (χ2v) is 5.04. The van der Waals surface area contributed by atoms with Gasteiger partial charge in [-0.25, -0.2) is 4.39 Å². The van der Waals surface area contributed by atoms with Crippen LogP contribution >= 0.6 is 0 Å². The first-order valence-corrected chi connectivity index (χ1v) is 6.80. The highest BCUT2D eigenvalue weighted by Crippen LogP contribution is 2.21. The summed E-state index contributed by atoms with van der Waals surface area (Å²) in [6.45, 7) is 6.33. The van der Waals surface area contributed by atoms with Gasteiger partial charge in [-0.1, -0.05) is 6.07 Å². The summed E-state index contributed by atoms with van der Waals surface area (Å²) in [6.07, 6.45) is 0.404. The molecule has 1 rings (SSSR count). The third kappa shape index (κ3) is 5.17. The van der Waals surface area contributed by atoms with Crippen LogP contribution in [0.25, 0.3) is 0 Å². The lowest BCUT2D eigenvalue weighted by atomic mass is 10.1. The Morgan fingerprint density at radius 2 is 2.05 bits per heavy atom. The molecule has 1 aromatic rings. The van der Waals surface area contributed by atoms with Gasteiger partial charge in [0.1, 0.15) is 0 Å². The van der Waals surface area contributed by atoms with Crippen LogP contribution in [0.2, 0.25) is 0 Å². The van der Waals surface area contributed by atoms with E-state index in [1.807, 2.05) is 26.8 Å². The molecule has 2 N–H and O–H groups in total. The minimum absolute atomic E-state index is 0.0145. The molecule has 0 radical (unpaired) electrons. The van der Waals surface area contributed by atoms with Crippen molar-refractivity contribution < 1.29 is 13.9 Å². The zero-order chi connectivity index (χ0) is 15.1. The molecule has 0 aliphatic heterocycles. The molecule has 1 atom stereocenters. The number of halogens is 1. The van der Waals surface area contributed by atoms with Crippen LogP contribution < -0.4 is 15.4 Å². The second-order valence-electron chi connectivity index (χ2n) is 5.04. The van der Waals surface area contributed by atoms with Crippen LogP contribution in [-0.2, 0) is 4.79 Å². The number of hydrogen-bond donors (Lipinski definition) is 2. The lowest BCUT2D eigenvalue weighted by Crippen LogP contribution is -2.33. The molecule has 112 valence electrons. The largest absolute Gasteiger partial charge is 0.494 e. The van der Waals surface area contributed by atoms with Crippen molar-refractivity contribution in [3.05, 3.63) is 29.6 Å². The fourth-order valence-corrected chi connectivity index (χ4v) is 1.87. The predicted molar refractivity (Wildman–Crippen MR) is 77.3 cm³/mol. The van der Waals surface area contributed by atoms with Crippen LogP contribution in [-0.4, -0.2) is 25.6 Å². The Balaban J connectivity index is 2.45. The van der Waals surface area contributed by atoms with Gasteiger partial charge in [0.15, 0.2) is 11.6 Å². The number of hydrogen-bond acceptors (Lipinski definition) is 3. The standard InChI is InChI=1S/C15H23FN2O2/c1-10(2)18-15(19)7-8-17-11(3)12-5-6-14(20-4)13(16)9-12/h5-6,9-11,17H,7-8H2,1-4H3,(H,18,19). The molecule has 4 nitrogen and oxygen atoms in total. The average Bonchev–Trinajstić information content (AvgIpc) is 2.37. The summed E-state index contributed by atoms with van der Waals surface area (Å²) in [5, 5.41) is 6.02. The predicted octanol–water partition coefficient (Wildman–Crippen LogP) is 2.40. The van der Waals surface area contributed by atoms with E-state index in [1.54, 1.807) is 6.07 Å². The monoisotopic (exact) mass is 282 g/mol. The fourth-order valence-electron chi connectivity index (χ4n) is 1.87. The van der Waals surface area contributed by atoms with Crippen LogP contribution in [0.3, 0.4) is 0 Å². The molecular formula is C15H23FN2O2. The molecular weight excluding hydrogens is 259 g/mol. The Morgan fingerprint density at radius 3 is 2.60 bits per heavy atom. The SMILES string of the molecule is COc1ccc(C(C)NCCC(=O)NC(C)C)cc1F. The first kappa shape index (κ1) is 16.4. The van der Waals surface area contributed by atoms with E-state index in [1.165, 1.54) is 13.2 Å². The Morgan fingerprint density at radius 1 is 1.35 bits per heavy atom. The number of nitrogens with one attached hydrogen (secondary N) is 2. The van der Waals surface area contributed by atoms with Crippen molar-refractivity contribution in [2.24, 2.45) is 0 Å². The maximum Gasteiger partial charge on any atom is 0.221 e. The van der Waals surface area contributed by atoms with Gasteiger partial charge < -0.3 is 15.4 Å². The molecule has 0 fully saturated rings. The Bertz CT molecular complexity index is 449. The summed E-state index contributed by atoms with van der Waals surface area (Å²) < 4.78 is 18.5. The van der Waals surface area contributed by atoms with Gasteiger partial charge in [-0.2, -0.15) is 0 Å². The summed E-state index contributed by atoms with van der Waals surface area (Å²) in [5.41, 5.74) is 0.826. The zero-order valence-corrected chi connectivity index (χ0v) is 12.5. The van der Waals surface area contributed by atoms with Gasteiger partial charge in [-0.3, -0.25) is 4.79 Å². The number of ether oxygens (including phenoxy) is 1. The summed E-state index contributed by atoms with van der Waals surface area (Å²) in [4.78, 5) is 11.5. The zero-order valence-electron chi connectivity index (χ0n) is 12.5. The number of methoxy groups -OCH3 is 1. The van der Waals surface area contributed by atoms with Gasteiger partial charge in [-0.15, -0.1) is 0 Å². The van der Waals surface area contributed by atoms with Crippen molar-refractivity contribution >= 4 is 5.91 Å². The van der Waals surface area contributed by atoms with Gasteiger partial charge in [-0.05, 0) is 38.5 Å². The number of rotatable bonds is 7. The maximum absolute atomic E-state index is 13.6. The molecule has 20 heavy (non-hydrogen) atoms. The quantitative estimate of drug-likeness (QED) is 0.807. The lowest BCUT2D eigenvalue weighted by Gasteiger charge is -2.15. The highest BCUT2D eigenvalue weighted by Gasteiger charge is 2.10. The number of amides is 1. The van der Waals surface area contributed by atoms with Gasteiger partial charge in [0.25, 0.3) is 0 Å². The van der Waals surface area contributed by atoms with Crippen molar-refractivity contribution in [1.29, 1.82) is 0 Å². The highest BCUT2D eigenvalue weighted by atomic mass is 19.1. The summed E-state index contributed by atoms with van der Waals surface area (Å²) in [7, 11) is 1.44. The molecule has 0 spiro atoms. The van der Waals surface area contributed by atoms with Gasteiger partial charge in [0, 0.05) is 25.0 Å². The lowest BCUT2D eigenvalue weighted by molar-refractivity contribution is -0.121. The van der Waals surface area contributed by atoms with Gasteiger partial charge >= 0.3 is 0 Å². The van der Waals surface area contributed by atoms with E-state index in [0.717, 1.165) is 5.56 Å². The first-order chi connectivity index (χ1) is 9.43. The van der Waals surface area contributed by atoms with Crippen molar-refractivity contribution in [3.63, 3.8) is 0 Å². The van der Waals surface area contributed by atoms with E-state index < -0.39 is 0 Å². The van der Waals surface area contributed by atoms with E-state index in [9.17, 15) is 9.18 Å². The molecule has 1 amide bonds. The van der Waals surface area contributed by atoms with Gasteiger partial charge in [0.2, 0.25) is 5.91 Å². The molecule has 5 heteroatoms. The molecule has 0 bridgehead atoms. The number of carbonyl (C=O) groups excluding carboxylic acids is 1. The second kappa shape index (κ2) is 7.85. The third-order valence-electron chi connectivity index (χ3n) is 2.93. The topological polar surface area (TPSA) is 50.4 Å². The maximum atomic E-state index is 13.6. The number of benzene rings is 1. The van der Waals surface area contributed by atoms with E-state index >= 15 is 0 Å². The smallest absolute Gasteiger partial charge is 0.221 e. The molecule has 0 aliphatic rings. The van der Waals surface area contributed by atoms with E-state index in [4.69, 9.17) is 4.74 Å². The van der Waals surface area contributed by atoms with Crippen LogP contribution in [0.1, 0.15) is 38.8 Å². The summed E-state index contributed by atoms with van der Waals surface area (Å²) in [6, 6.07) is 4.99. The average molecular weight is 282 g/mol. The van der Waals surface area contributed by atoms with Crippen molar-refractivity contribution in [2.75, 3.05) is 13.7 Å². The minimum Gasteiger partial charge on any atom is -0.494 e. The Kier molecular flexibility index (Phi) is 6.45. The van der Waals surface area contributed by atoms with E-state index in [0.29, 0.717) is 13.0 Å². The van der Waals surface area contributed by atoms with Crippen LogP contribution in [0.4, 0.5) is 4.39 Å². The third-order valence-corrected chi connectivity index (χ3v) is 2.93. The van der Waals surface area contributed by atoms with Crippen molar-refractivity contribution in [3.8, 4) is 5.75 Å². The van der Waals surface area contributed by atoms with Gasteiger partial charge in [0.05, 0.1) is 7.11 Å². The molecule has 1 aromatic carbocycles. The van der Waals surface area contributed by atoms with Crippen molar-refractivity contribution in [2.45, 2.75) is 39.3 Å². The van der Waals surface area contributed by atoms with E-state index in [-0.39, 0.29) is 29.6 Å². The highest BCUT2D eigenvalue weighted by molar-refractivity contribution is 5.76.